The Bertz CT molecular complexity index is 919. The van der Waals surface area contributed by atoms with Gasteiger partial charge in [0.25, 0.3) is 15.9 Å². The fourth-order valence-corrected chi connectivity index (χ4v) is 4.96. The highest BCUT2D eigenvalue weighted by molar-refractivity contribution is 7.90. The molecule has 0 aromatic heterocycles. The molecule has 3 rings (SSSR count). The van der Waals surface area contributed by atoms with Crippen molar-refractivity contribution >= 4 is 26.7 Å². The second-order valence-electron chi connectivity index (χ2n) is 5.56. The van der Waals surface area contributed by atoms with Crippen molar-refractivity contribution in [3.8, 4) is 0 Å². The normalized spacial score (nSPS) is 16.9. The molecule has 1 atom stereocenters. The van der Waals surface area contributed by atoms with Crippen LogP contribution in [-0.4, -0.2) is 18.5 Å². The monoisotopic (exact) mass is 349 g/mol. The third kappa shape index (κ3) is 2.70. The largest absolute Gasteiger partial charge is 0.268 e. The van der Waals surface area contributed by atoms with Crippen LogP contribution in [0.1, 0.15) is 35.7 Å². The van der Waals surface area contributed by atoms with Gasteiger partial charge >= 0.3 is 0 Å². The summed E-state index contributed by atoms with van der Waals surface area (Å²) < 4.78 is 39.0. The number of amides is 1. The number of carbonyl (C=O) groups excluding carboxylic acids is 1. The van der Waals surface area contributed by atoms with Gasteiger partial charge in [-0.05, 0) is 35.7 Å². The van der Waals surface area contributed by atoms with Gasteiger partial charge in [-0.3, -0.25) is 4.79 Å². The lowest BCUT2D eigenvalue weighted by molar-refractivity contribution is 0.0984. The molecule has 23 heavy (non-hydrogen) atoms. The summed E-state index contributed by atoms with van der Waals surface area (Å²) >= 11 is 0. The maximum Gasteiger partial charge on any atom is 0.266 e. The Morgan fingerprint density at radius 2 is 1.70 bits per heavy atom. The SMILES string of the molecule is CC(C)c1cc(S(=O)c2ccccc2)cc2c1C(=O)NS2(=O)=O. The zero-order valence-corrected chi connectivity index (χ0v) is 14.2. The molecule has 120 valence electrons. The maximum atomic E-state index is 12.7. The van der Waals surface area contributed by atoms with E-state index in [1.54, 1.807) is 30.3 Å². The van der Waals surface area contributed by atoms with Gasteiger partial charge in [0.15, 0.2) is 0 Å². The Balaban J connectivity index is 2.24. The Labute approximate surface area is 137 Å². The lowest BCUT2D eigenvalue weighted by atomic mass is 9.97. The van der Waals surface area contributed by atoms with Crippen molar-refractivity contribution in [2.24, 2.45) is 0 Å². The van der Waals surface area contributed by atoms with E-state index in [1.165, 1.54) is 6.07 Å². The summed E-state index contributed by atoms with van der Waals surface area (Å²) in [6.45, 7) is 3.73. The minimum atomic E-state index is -3.88. The predicted octanol–water partition coefficient (Wildman–Crippen LogP) is 2.41. The summed E-state index contributed by atoms with van der Waals surface area (Å²) in [7, 11) is -5.40. The van der Waals surface area contributed by atoms with Gasteiger partial charge in [0.05, 0.1) is 16.4 Å². The van der Waals surface area contributed by atoms with Crippen LogP contribution in [0.4, 0.5) is 0 Å². The quantitative estimate of drug-likeness (QED) is 0.923. The lowest BCUT2D eigenvalue weighted by Gasteiger charge is -2.12. The molecule has 1 amide bonds. The molecular weight excluding hydrogens is 334 g/mol. The molecule has 0 fully saturated rings. The zero-order valence-electron chi connectivity index (χ0n) is 12.6. The van der Waals surface area contributed by atoms with E-state index in [0.29, 0.717) is 15.4 Å². The van der Waals surface area contributed by atoms with Crippen LogP contribution in [0.5, 0.6) is 0 Å². The third-order valence-corrected chi connectivity index (χ3v) is 6.36. The summed E-state index contributed by atoms with van der Waals surface area (Å²) in [5.41, 5.74) is 0.745. The van der Waals surface area contributed by atoms with Crippen molar-refractivity contribution in [1.82, 2.24) is 4.72 Å². The minimum Gasteiger partial charge on any atom is -0.268 e. The molecule has 7 heteroatoms. The number of fused-ring (bicyclic) bond motifs is 1. The van der Waals surface area contributed by atoms with Crippen LogP contribution in [0.3, 0.4) is 0 Å². The van der Waals surface area contributed by atoms with E-state index >= 15 is 0 Å². The summed E-state index contributed by atoms with van der Waals surface area (Å²) in [6.07, 6.45) is 0. The lowest BCUT2D eigenvalue weighted by Crippen LogP contribution is -2.21. The van der Waals surface area contributed by atoms with Gasteiger partial charge in [-0.25, -0.2) is 17.3 Å². The highest BCUT2D eigenvalue weighted by atomic mass is 32.2. The van der Waals surface area contributed by atoms with Gasteiger partial charge < -0.3 is 0 Å². The van der Waals surface area contributed by atoms with E-state index in [2.05, 4.69) is 0 Å². The molecule has 1 heterocycles. The van der Waals surface area contributed by atoms with Crippen molar-refractivity contribution in [3.05, 3.63) is 53.6 Å². The van der Waals surface area contributed by atoms with Gasteiger partial charge in [0, 0.05) is 9.79 Å². The Hall–Kier alpha value is -1.99. The van der Waals surface area contributed by atoms with E-state index in [4.69, 9.17) is 0 Å². The van der Waals surface area contributed by atoms with E-state index in [-0.39, 0.29) is 16.4 Å². The first-order valence-electron chi connectivity index (χ1n) is 7.03. The van der Waals surface area contributed by atoms with Gasteiger partial charge in [0.1, 0.15) is 4.90 Å². The van der Waals surface area contributed by atoms with Crippen molar-refractivity contribution in [2.45, 2.75) is 34.5 Å². The van der Waals surface area contributed by atoms with Crippen molar-refractivity contribution in [2.75, 3.05) is 0 Å². The highest BCUT2D eigenvalue weighted by Crippen LogP contribution is 2.33. The average Bonchev–Trinajstić information content (AvgIpc) is 2.76. The fraction of sp³-hybridized carbons (Fsp3) is 0.188. The molecule has 0 saturated carbocycles. The average molecular weight is 349 g/mol. The Kier molecular flexibility index (Phi) is 3.85. The number of hydrogen-bond donors (Lipinski definition) is 1. The van der Waals surface area contributed by atoms with Gasteiger partial charge in [0.2, 0.25) is 0 Å². The van der Waals surface area contributed by atoms with Gasteiger partial charge in [-0.1, -0.05) is 32.0 Å². The third-order valence-electron chi connectivity index (χ3n) is 3.64. The second-order valence-corrected chi connectivity index (χ2v) is 8.69. The summed E-state index contributed by atoms with van der Waals surface area (Å²) in [6, 6.07) is 11.8. The van der Waals surface area contributed by atoms with Crippen molar-refractivity contribution < 1.29 is 17.4 Å². The zero-order chi connectivity index (χ0) is 16.8. The molecule has 0 radical (unpaired) electrons. The molecule has 0 aliphatic carbocycles. The molecular formula is C16H15NO4S2. The molecule has 0 spiro atoms. The number of benzene rings is 2. The van der Waals surface area contributed by atoms with Crippen LogP contribution < -0.4 is 4.72 Å². The molecule has 1 unspecified atom stereocenters. The fourth-order valence-electron chi connectivity index (χ4n) is 2.54. The highest BCUT2D eigenvalue weighted by Gasteiger charge is 2.36. The number of hydrogen-bond acceptors (Lipinski definition) is 4. The molecule has 1 aliphatic heterocycles. The van der Waals surface area contributed by atoms with E-state index in [1.807, 2.05) is 24.6 Å². The van der Waals surface area contributed by atoms with Crippen LogP contribution in [-0.2, 0) is 20.8 Å². The molecule has 1 N–H and O–H groups in total. The van der Waals surface area contributed by atoms with E-state index < -0.39 is 26.7 Å². The minimum absolute atomic E-state index is 0.0736. The molecule has 1 aliphatic rings. The molecule has 0 bridgehead atoms. The van der Waals surface area contributed by atoms with Crippen LogP contribution in [0, 0.1) is 0 Å². The first kappa shape index (κ1) is 15.9. The summed E-state index contributed by atoms with van der Waals surface area (Å²) in [4.78, 5) is 12.9. The van der Waals surface area contributed by atoms with Crippen LogP contribution in [0.2, 0.25) is 0 Å². The van der Waals surface area contributed by atoms with Crippen LogP contribution in [0.25, 0.3) is 0 Å². The first-order chi connectivity index (χ1) is 10.8. The molecule has 2 aromatic rings. The predicted molar refractivity (Wildman–Crippen MR) is 86.3 cm³/mol. The number of rotatable bonds is 3. The Morgan fingerprint density at radius 1 is 1.04 bits per heavy atom. The Morgan fingerprint density at radius 3 is 2.30 bits per heavy atom. The smallest absolute Gasteiger partial charge is 0.266 e. The molecule has 0 saturated heterocycles. The second kappa shape index (κ2) is 5.58. The maximum absolute atomic E-state index is 12.7. The van der Waals surface area contributed by atoms with Crippen LogP contribution in [0.15, 0.2) is 57.2 Å². The number of carbonyl (C=O) groups is 1. The first-order valence-corrected chi connectivity index (χ1v) is 9.66. The van der Waals surface area contributed by atoms with Gasteiger partial charge in [-0.15, -0.1) is 0 Å². The number of nitrogens with one attached hydrogen (secondary N) is 1. The van der Waals surface area contributed by atoms with Crippen LogP contribution >= 0.6 is 0 Å². The molecule has 5 nitrogen and oxygen atoms in total. The summed E-state index contributed by atoms with van der Waals surface area (Å²) in [5, 5.41) is 0. The standard InChI is InChI=1S/C16H15NO4S2/c1-10(2)13-8-12(22(19)11-6-4-3-5-7-11)9-14-15(13)16(18)17-23(14,20)21/h3-10H,1-2H3,(H,17,18). The summed E-state index contributed by atoms with van der Waals surface area (Å²) in [5.74, 6) is -0.698. The van der Waals surface area contributed by atoms with Gasteiger partial charge in [-0.2, -0.15) is 0 Å². The van der Waals surface area contributed by atoms with Crippen molar-refractivity contribution in [1.29, 1.82) is 0 Å². The van der Waals surface area contributed by atoms with E-state index in [0.717, 1.165) is 0 Å². The van der Waals surface area contributed by atoms with E-state index in [9.17, 15) is 17.4 Å². The topological polar surface area (TPSA) is 80.3 Å². The van der Waals surface area contributed by atoms with Crippen molar-refractivity contribution in [3.63, 3.8) is 0 Å². The number of sulfonamides is 1. The molecule has 2 aromatic carbocycles.